The summed E-state index contributed by atoms with van der Waals surface area (Å²) in [7, 11) is 0. The first-order valence-corrected chi connectivity index (χ1v) is 7.38. The minimum absolute atomic E-state index is 0.0343. The lowest BCUT2D eigenvalue weighted by atomic mass is 9.73. The van der Waals surface area contributed by atoms with E-state index in [1.165, 1.54) is 11.1 Å². The molecule has 1 heteroatoms. The van der Waals surface area contributed by atoms with Crippen LogP contribution in [0.4, 0.5) is 0 Å². The predicted molar refractivity (Wildman–Crippen MR) is 82.7 cm³/mol. The Morgan fingerprint density at radius 3 is 2.40 bits per heavy atom. The van der Waals surface area contributed by atoms with Crippen LogP contribution in [0.3, 0.4) is 0 Å². The Balaban J connectivity index is 1.92. The molecule has 1 nitrogen and oxygen atoms in total. The molecular formula is C19H22O. The second-order valence-corrected chi connectivity index (χ2v) is 6.62. The minimum atomic E-state index is -0.685. The molecule has 2 aromatic rings. The van der Waals surface area contributed by atoms with Gasteiger partial charge in [-0.3, -0.25) is 0 Å². The van der Waals surface area contributed by atoms with Gasteiger partial charge in [0.1, 0.15) is 0 Å². The summed E-state index contributed by atoms with van der Waals surface area (Å²) in [6.45, 7) is 4.45. The van der Waals surface area contributed by atoms with Gasteiger partial charge in [-0.2, -0.15) is 0 Å². The fraction of sp³-hybridized carbons (Fsp3) is 0.368. The largest absolute Gasteiger partial charge is 0.385 e. The zero-order valence-corrected chi connectivity index (χ0v) is 12.3. The van der Waals surface area contributed by atoms with E-state index in [0.29, 0.717) is 0 Å². The summed E-state index contributed by atoms with van der Waals surface area (Å²) in [5.74, 6) is 0. The maximum Gasteiger partial charge on any atom is 0.0910 e. The highest BCUT2D eigenvalue weighted by molar-refractivity contribution is 5.38. The summed E-state index contributed by atoms with van der Waals surface area (Å²) in [5, 5.41) is 11.1. The summed E-state index contributed by atoms with van der Waals surface area (Å²) in [4.78, 5) is 0. The Morgan fingerprint density at radius 2 is 1.65 bits per heavy atom. The Morgan fingerprint density at radius 1 is 1.00 bits per heavy atom. The average molecular weight is 266 g/mol. The van der Waals surface area contributed by atoms with E-state index in [4.69, 9.17) is 0 Å². The fourth-order valence-corrected chi connectivity index (χ4v) is 3.57. The van der Waals surface area contributed by atoms with Crippen molar-refractivity contribution in [2.75, 3.05) is 0 Å². The zero-order valence-electron chi connectivity index (χ0n) is 12.3. The molecule has 0 amide bonds. The Kier molecular flexibility index (Phi) is 3.18. The van der Waals surface area contributed by atoms with E-state index in [2.05, 4.69) is 56.3 Å². The number of hydrogen-bond acceptors (Lipinski definition) is 1. The molecule has 0 bridgehead atoms. The molecular weight excluding hydrogens is 244 g/mol. The van der Waals surface area contributed by atoms with Crippen molar-refractivity contribution in [1.82, 2.24) is 0 Å². The minimum Gasteiger partial charge on any atom is -0.385 e. The van der Waals surface area contributed by atoms with E-state index in [1.807, 2.05) is 12.1 Å². The molecule has 1 aliphatic carbocycles. The highest BCUT2D eigenvalue weighted by atomic mass is 16.3. The number of hydrogen-bond donors (Lipinski definition) is 1. The van der Waals surface area contributed by atoms with E-state index in [1.54, 1.807) is 0 Å². The number of rotatable bonds is 3. The van der Waals surface area contributed by atoms with Gasteiger partial charge in [0.2, 0.25) is 0 Å². The molecule has 1 aliphatic rings. The van der Waals surface area contributed by atoms with Gasteiger partial charge in [0.25, 0.3) is 0 Å². The molecule has 1 N–H and O–H groups in total. The van der Waals surface area contributed by atoms with Crippen LogP contribution in [0, 0.1) is 0 Å². The molecule has 0 aliphatic heterocycles. The molecule has 2 aromatic carbocycles. The van der Waals surface area contributed by atoms with Gasteiger partial charge >= 0.3 is 0 Å². The molecule has 0 fully saturated rings. The molecule has 0 saturated heterocycles. The van der Waals surface area contributed by atoms with Crippen molar-refractivity contribution >= 4 is 0 Å². The first-order valence-electron chi connectivity index (χ1n) is 7.38. The lowest BCUT2D eigenvalue weighted by Gasteiger charge is -2.35. The van der Waals surface area contributed by atoms with Gasteiger partial charge in [-0.25, -0.2) is 0 Å². The van der Waals surface area contributed by atoms with Gasteiger partial charge in [-0.15, -0.1) is 0 Å². The summed E-state index contributed by atoms with van der Waals surface area (Å²) >= 11 is 0. The van der Waals surface area contributed by atoms with Gasteiger partial charge in [0, 0.05) is 0 Å². The van der Waals surface area contributed by atoms with Crippen molar-refractivity contribution in [2.24, 2.45) is 0 Å². The summed E-state index contributed by atoms with van der Waals surface area (Å²) < 4.78 is 0. The maximum absolute atomic E-state index is 11.1. The Labute approximate surface area is 121 Å². The van der Waals surface area contributed by atoms with Crippen LogP contribution in [0.5, 0.6) is 0 Å². The summed E-state index contributed by atoms with van der Waals surface area (Å²) in [6.07, 6.45) is 2.58. The maximum atomic E-state index is 11.1. The van der Waals surface area contributed by atoms with Crippen LogP contribution in [0.25, 0.3) is 0 Å². The fourth-order valence-electron chi connectivity index (χ4n) is 3.57. The van der Waals surface area contributed by atoms with Gasteiger partial charge in [-0.1, -0.05) is 68.4 Å². The molecule has 20 heavy (non-hydrogen) atoms. The van der Waals surface area contributed by atoms with Crippen LogP contribution in [0.2, 0.25) is 0 Å². The summed E-state index contributed by atoms with van der Waals surface area (Å²) in [6, 6.07) is 18.8. The first-order chi connectivity index (χ1) is 9.51. The quantitative estimate of drug-likeness (QED) is 0.883. The monoisotopic (exact) mass is 266 g/mol. The number of fused-ring (bicyclic) bond motifs is 1. The van der Waals surface area contributed by atoms with Crippen molar-refractivity contribution < 1.29 is 5.11 Å². The molecule has 0 spiro atoms. The van der Waals surface area contributed by atoms with E-state index >= 15 is 0 Å². The van der Waals surface area contributed by atoms with E-state index in [0.717, 1.165) is 24.8 Å². The zero-order chi connectivity index (χ0) is 14.2. The lowest BCUT2D eigenvalue weighted by molar-refractivity contribution is 0.0104. The number of benzene rings is 2. The van der Waals surface area contributed by atoms with Gasteiger partial charge in [0.15, 0.2) is 0 Å². The number of aliphatic hydroxyl groups is 1. The third kappa shape index (κ3) is 2.27. The van der Waals surface area contributed by atoms with Gasteiger partial charge in [-0.05, 0) is 41.4 Å². The third-order valence-corrected chi connectivity index (χ3v) is 4.62. The molecule has 0 radical (unpaired) electrons. The van der Waals surface area contributed by atoms with Crippen LogP contribution < -0.4 is 0 Å². The summed E-state index contributed by atoms with van der Waals surface area (Å²) in [5.41, 5.74) is 3.00. The van der Waals surface area contributed by atoms with Crippen molar-refractivity contribution in [3.05, 3.63) is 71.3 Å². The molecule has 0 heterocycles. The molecule has 1 unspecified atom stereocenters. The molecule has 3 rings (SSSR count). The standard InChI is InChI=1S/C19H22O/c1-18(2,16-9-4-3-5-10-16)14-19(20)13-12-15-8-6-7-11-17(15)19/h3-11,20H,12-14H2,1-2H3. The van der Waals surface area contributed by atoms with Crippen LogP contribution in [-0.2, 0) is 17.4 Å². The van der Waals surface area contributed by atoms with Crippen molar-refractivity contribution in [3.63, 3.8) is 0 Å². The Bertz CT molecular complexity index is 600. The van der Waals surface area contributed by atoms with E-state index < -0.39 is 5.60 Å². The lowest BCUT2D eigenvalue weighted by Crippen LogP contribution is -2.32. The highest BCUT2D eigenvalue weighted by Crippen LogP contribution is 2.45. The van der Waals surface area contributed by atoms with Crippen molar-refractivity contribution in [3.8, 4) is 0 Å². The molecule has 104 valence electrons. The number of aryl methyl sites for hydroxylation is 1. The van der Waals surface area contributed by atoms with Crippen molar-refractivity contribution in [2.45, 2.75) is 44.1 Å². The van der Waals surface area contributed by atoms with Gasteiger partial charge < -0.3 is 5.11 Å². The third-order valence-electron chi connectivity index (χ3n) is 4.62. The van der Waals surface area contributed by atoms with Crippen LogP contribution in [0.15, 0.2) is 54.6 Å². The SMILES string of the molecule is CC(C)(CC1(O)CCc2ccccc21)c1ccccc1. The molecule has 1 atom stereocenters. The van der Waals surface area contributed by atoms with E-state index in [9.17, 15) is 5.11 Å². The average Bonchev–Trinajstić information content (AvgIpc) is 2.77. The van der Waals surface area contributed by atoms with Crippen LogP contribution in [-0.4, -0.2) is 5.11 Å². The van der Waals surface area contributed by atoms with Crippen LogP contribution in [0.1, 0.15) is 43.4 Å². The highest BCUT2D eigenvalue weighted by Gasteiger charge is 2.41. The van der Waals surface area contributed by atoms with Crippen LogP contribution >= 0.6 is 0 Å². The normalized spacial score (nSPS) is 21.8. The first kappa shape index (κ1) is 13.4. The Hall–Kier alpha value is -1.60. The molecule has 0 saturated carbocycles. The van der Waals surface area contributed by atoms with Crippen molar-refractivity contribution in [1.29, 1.82) is 0 Å². The van der Waals surface area contributed by atoms with E-state index in [-0.39, 0.29) is 5.41 Å². The predicted octanol–water partition coefficient (Wildman–Crippen LogP) is 4.19. The van der Waals surface area contributed by atoms with Gasteiger partial charge in [0.05, 0.1) is 5.60 Å². The smallest absolute Gasteiger partial charge is 0.0910 e. The second-order valence-electron chi connectivity index (χ2n) is 6.62. The topological polar surface area (TPSA) is 20.2 Å². The second kappa shape index (κ2) is 4.75. The molecule has 0 aromatic heterocycles.